The smallest absolute Gasteiger partial charge is 0.271 e. The molecule has 0 spiro atoms. The molecule has 0 aliphatic rings. The van der Waals surface area contributed by atoms with Crippen molar-refractivity contribution in [2.24, 2.45) is 5.73 Å². The molecule has 0 atom stereocenters. The fourth-order valence-electron chi connectivity index (χ4n) is 2.70. The minimum atomic E-state index is -0.635. The molecule has 0 aliphatic carbocycles. The summed E-state index contributed by atoms with van der Waals surface area (Å²) in [5, 5.41) is 5.83. The van der Waals surface area contributed by atoms with E-state index in [9.17, 15) is 9.59 Å². The lowest BCUT2D eigenvalue weighted by Crippen LogP contribution is -2.24. The van der Waals surface area contributed by atoms with E-state index in [0.717, 1.165) is 23.5 Å². The molecule has 0 fully saturated rings. The summed E-state index contributed by atoms with van der Waals surface area (Å²) in [6.07, 6.45) is 1.30. The predicted octanol–water partition coefficient (Wildman–Crippen LogP) is 1.83. The maximum Gasteiger partial charge on any atom is 0.271 e. The SMILES string of the molecule is [CH2]C(=O)NCCc1cccc(Nc2nc(N(C)CC)c(CC)nc2C(N)=O)c1. The number of rotatable bonds is 9. The molecule has 4 N–H and O–H groups in total. The van der Waals surface area contributed by atoms with Crippen LogP contribution in [0.4, 0.5) is 17.3 Å². The van der Waals surface area contributed by atoms with Gasteiger partial charge in [0.2, 0.25) is 5.91 Å². The van der Waals surface area contributed by atoms with Crippen molar-refractivity contribution in [2.75, 3.05) is 30.4 Å². The predicted molar refractivity (Wildman–Crippen MR) is 111 cm³/mol. The molecule has 2 rings (SSSR count). The van der Waals surface area contributed by atoms with Crippen molar-refractivity contribution in [1.29, 1.82) is 0 Å². The van der Waals surface area contributed by atoms with Gasteiger partial charge in [-0.15, -0.1) is 0 Å². The molecule has 1 aromatic carbocycles. The van der Waals surface area contributed by atoms with Gasteiger partial charge in [0.15, 0.2) is 17.3 Å². The lowest BCUT2D eigenvalue weighted by Gasteiger charge is -2.21. The van der Waals surface area contributed by atoms with Gasteiger partial charge in [-0.3, -0.25) is 9.59 Å². The van der Waals surface area contributed by atoms with Crippen molar-refractivity contribution >= 4 is 29.1 Å². The van der Waals surface area contributed by atoms with Crippen LogP contribution < -0.4 is 21.3 Å². The van der Waals surface area contributed by atoms with Crippen molar-refractivity contribution < 1.29 is 9.59 Å². The van der Waals surface area contributed by atoms with Crippen LogP contribution in [0.3, 0.4) is 0 Å². The number of benzene rings is 1. The van der Waals surface area contributed by atoms with E-state index >= 15 is 0 Å². The van der Waals surface area contributed by atoms with E-state index < -0.39 is 5.91 Å². The third-order valence-electron chi connectivity index (χ3n) is 4.28. The zero-order valence-electron chi connectivity index (χ0n) is 16.6. The molecule has 8 heteroatoms. The third kappa shape index (κ3) is 5.42. The summed E-state index contributed by atoms with van der Waals surface area (Å²) < 4.78 is 0. The summed E-state index contributed by atoms with van der Waals surface area (Å²) in [6.45, 7) is 8.52. The topological polar surface area (TPSA) is 113 Å². The van der Waals surface area contributed by atoms with Gasteiger partial charge in [0, 0.05) is 32.7 Å². The summed E-state index contributed by atoms with van der Waals surface area (Å²) in [5.74, 6) is 0.0963. The van der Waals surface area contributed by atoms with Crippen LogP contribution in [0, 0.1) is 6.92 Å². The first-order chi connectivity index (χ1) is 13.3. The van der Waals surface area contributed by atoms with Crippen LogP contribution in [0.1, 0.15) is 35.6 Å². The molecule has 0 bridgehead atoms. The molecule has 149 valence electrons. The maximum absolute atomic E-state index is 11.9. The normalized spacial score (nSPS) is 10.4. The Balaban J connectivity index is 2.34. The summed E-state index contributed by atoms with van der Waals surface area (Å²) in [6, 6.07) is 7.64. The zero-order valence-corrected chi connectivity index (χ0v) is 16.6. The Morgan fingerprint density at radius 2 is 2.00 bits per heavy atom. The highest BCUT2D eigenvalue weighted by atomic mass is 16.1. The van der Waals surface area contributed by atoms with Crippen LogP contribution in [0.2, 0.25) is 0 Å². The fourth-order valence-corrected chi connectivity index (χ4v) is 2.70. The van der Waals surface area contributed by atoms with Crippen molar-refractivity contribution in [3.63, 3.8) is 0 Å². The second kappa shape index (κ2) is 9.68. The third-order valence-corrected chi connectivity index (χ3v) is 4.28. The molecule has 28 heavy (non-hydrogen) atoms. The zero-order chi connectivity index (χ0) is 20.7. The number of primary amides is 1. The highest BCUT2D eigenvalue weighted by Crippen LogP contribution is 2.24. The largest absolute Gasteiger partial charge is 0.364 e. The van der Waals surface area contributed by atoms with Crippen molar-refractivity contribution in [3.05, 3.63) is 48.1 Å². The molecule has 1 aromatic heterocycles. The summed E-state index contributed by atoms with van der Waals surface area (Å²) >= 11 is 0. The number of aryl methyl sites for hydroxylation is 1. The van der Waals surface area contributed by atoms with Gasteiger partial charge in [0.05, 0.1) is 5.69 Å². The van der Waals surface area contributed by atoms with Gasteiger partial charge in [0.1, 0.15) is 0 Å². The lowest BCUT2D eigenvalue weighted by molar-refractivity contribution is -0.116. The Hall–Kier alpha value is -3.16. The van der Waals surface area contributed by atoms with Crippen LogP contribution in [-0.2, 0) is 17.6 Å². The Kier molecular flexibility index (Phi) is 7.31. The van der Waals surface area contributed by atoms with Gasteiger partial charge in [-0.05, 0) is 37.5 Å². The Morgan fingerprint density at radius 1 is 1.25 bits per heavy atom. The fraction of sp³-hybridized carbons (Fsp3) is 0.350. The monoisotopic (exact) mass is 383 g/mol. The second-order valence-electron chi connectivity index (χ2n) is 6.35. The van der Waals surface area contributed by atoms with E-state index in [1.54, 1.807) is 0 Å². The minimum absolute atomic E-state index is 0.111. The molecule has 0 aliphatic heterocycles. The van der Waals surface area contributed by atoms with E-state index in [1.165, 1.54) is 0 Å². The number of carbonyl (C=O) groups is 2. The molecule has 2 amide bonds. The second-order valence-corrected chi connectivity index (χ2v) is 6.35. The quantitative estimate of drug-likeness (QED) is 0.609. The minimum Gasteiger partial charge on any atom is -0.364 e. The number of amides is 2. The van der Waals surface area contributed by atoms with E-state index in [1.807, 2.05) is 50.1 Å². The molecule has 1 heterocycles. The molecule has 1 radical (unpaired) electrons. The standard InChI is InChI=1S/C20H27N6O2/c1-5-16-20(26(4)6-2)25-19(17(24-16)18(21)28)23-15-9-7-8-14(12-15)10-11-22-13(3)27/h7-9,12H,3,5-6,10-11H2,1-2,4H3,(H2,21,28)(H,22,27)(H,23,25). The van der Waals surface area contributed by atoms with E-state index in [-0.39, 0.29) is 11.6 Å². The van der Waals surface area contributed by atoms with Crippen LogP contribution in [0.5, 0.6) is 0 Å². The molecule has 0 saturated carbocycles. The average molecular weight is 383 g/mol. The van der Waals surface area contributed by atoms with E-state index in [4.69, 9.17) is 5.73 Å². The molecule has 8 nitrogen and oxygen atoms in total. The van der Waals surface area contributed by atoms with E-state index in [2.05, 4.69) is 27.5 Å². The number of nitrogens with one attached hydrogen (secondary N) is 2. The number of hydrogen-bond acceptors (Lipinski definition) is 6. The molecule has 0 saturated heterocycles. The lowest BCUT2D eigenvalue weighted by atomic mass is 10.1. The van der Waals surface area contributed by atoms with Gasteiger partial charge in [0.25, 0.3) is 5.91 Å². The van der Waals surface area contributed by atoms with Crippen molar-refractivity contribution in [1.82, 2.24) is 15.3 Å². The molecular weight excluding hydrogens is 356 g/mol. The number of anilines is 3. The van der Waals surface area contributed by atoms with Gasteiger partial charge in [-0.1, -0.05) is 19.1 Å². The van der Waals surface area contributed by atoms with Crippen LogP contribution in [0.25, 0.3) is 0 Å². The van der Waals surface area contributed by atoms with Gasteiger partial charge in [-0.25, -0.2) is 9.97 Å². The first kappa shape index (κ1) is 21.1. The number of nitrogens with zero attached hydrogens (tertiary/aromatic N) is 3. The van der Waals surface area contributed by atoms with Crippen LogP contribution >= 0.6 is 0 Å². The van der Waals surface area contributed by atoms with Gasteiger partial charge in [-0.2, -0.15) is 0 Å². The first-order valence-corrected chi connectivity index (χ1v) is 9.23. The van der Waals surface area contributed by atoms with E-state index in [0.29, 0.717) is 31.0 Å². The summed E-state index contributed by atoms with van der Waals surface area (Å²) in [4.78, 5) is 33.9. The molecule has 0 unspecified atom stereocenters. The van der Waals surface area contributed by atoms with Crippen molar-refractivity contribution in [2.45, 2.75) is 26.7 Å². The number of carbonyl (C=O) groups excluding carboxylic acids is 2. The highest BCUT2D eigenvalue weighted by Gasteiger charge is 2.18. The molecule has 2 aromatic rings. The highest BCUT2D eigenvalue weighted by molar-refractivity contribution is 5.96. The number of hydrogen-bond donors (Lipinski definition) is 3. The number of aromatic nitrogens is 2. The Morgan fingerprint density at radius 3 is 2.61 bits per heavy atom. The first-order valence-electron chi connectivity index (χ1n) is 9.23. The van der Waals surface area contributed by atoms with Gasteiger partial charge >= 0.3 is 0 Å². The van der Waals surface area contributed by atoms with Gasteiger partial charge < -0.3 is 21.3 Å². The van der Waals surface area contributed by atoms with Crippen LogP contribution in [0.15, 0.2) is 24.3 Å². The Labute approximate surface area is 165 Å². The van der Waals surface area contributed by atoms with Crippen molar-refractivity contribution in [3.8, 4) is 0 Å². The maximum atomic E-state index is 11.9. The average Bonchev–Trinajstić information content (AvgIpc) is 2.66. The van der Waals surface area contributed by atoms with Crippen LogP contribution in [-0.4, -0.2) is 41.9 Å². The summed E-state index contributed by atoms with van der Waals surface area (Å²) in [7, 11) is 1.92. The molecular formula is C20H27N6O2. The Bertz CT molecular complexity index is 853. The summed E-state index contributed by atoms with van der Waals surface area (Å²) in [5.41, 5.74) is 8.14. The number of nitrogens with two attached hydrogens (primary N) is 1.